The highest BCUT2D eigenvalue weighted by Gasteiger charge is 2.47. The summed E-state index contributed by atoms with van der Waals surface area (Å²) in [6.07, 6.45) is 1.30. The van der Waals surface area contributed by atoms with Crippen molar-refractivity contribution in [1.82, 2.24) is 19.7 Å². The number of thiazole rings is 1. The fourth-order valence-electron chi connectivity index (χ4n) is 2.86. The van der Waals surface area contributed by atoms with E-state index in [9.17, 15) is 4.79 Å². The lowest BCUT2D eigenvalue weighted by molar-refractivity contribution is 0.0764. The summed E-state index contributed by atoms with van der Waals surface area (Å²) in [6.45, 7) is 1.83. The maximum Gasteiger partial charge on any atom is 0.272 e. The topological polar surface area (TPSA) is 51.0 Å². The van der Waals surface area contributed by atoms with Gasteiger partial charge in [0.05, 0.1) is 5.51 Å². The van der Waals surface area contributed by atoms with Gasteiger partial charge in [-0.15, -0.1) is 11.3 Å². The number of piperidine rings is 1. The smallest absolute Gasteiger partial charge is 0.272 e. The van der Waals surface area contributed by atoms with E-state index in [0.717, 1.165) is 36.3 Å². The van der Waals surface area contributed by atoms with Crippen molar-refractivity contribution in [1.29, 1.82) is 0 Å². The van der Waals surface area contributed by atoms with Crippen LogP contribution in [0, 0.1) is 11.8 Å². The summed E-state index contributed by atoms with van der Waals surface area (Å²) in [4.78, 5) is 18.7. The molecule has 1 aliphatic carbocycles. The van der Waals surface area contributed by atoms with Crippen LogP contribution in [0.25, 0.3) is 11.4 Å². The Labute approximate surface area is 114 Å². The van der Waals surface area contributed by atoms with Crippen LogP contribution in [0.4, 0.5) is 0 Å². The van der Waals surface area contributed by atoms with Gasteiger partial charge in [0.2, 0.25) is 0 Å². The molecule has 6 heteroatoms. The maximum absolute atomic E-state index is 12.5. The number of aromatic nitrogens is 3. The number of hydrogen-bond acceptors (Lipinski definition) is 4. The second kappa shape index (κ2) is 3.90. The molecule has 1 saturated heterocycles. The standard InChI is InChI=1S/C13H14N4OS/c1-16-12(3-10(15-16)11-6-19-7-14-11)13(18)17-4-8-2-9(8)5-17/h3,6-9H,2,4-5H2,1H3. The Morgan fingerprint density at radius 3 is 2.84 bits per heavy atom. The zero-order valence-electron chi connectivity index (χ0n) is 10.6. The molecule has 3 heterocycles. The van der Waals surface area contributed by atoms with Crippen LogP contribution in [0.3, 0.4) is 0 Å². The second-order valence-electron chi connectivity index (χ2n) is 5.38. The molecule has 19 heavy (non-hydrogen) atoms. The Hall–Kier alpha value is -1.69. The van der Waals surface area contributed by atoms with Gasteiger partial charge in [-0.05, 0) is 24.3 Å². The molecule has 0 bridgehead atoms. The largest absolute Gasteiger partial charge is 0.337 e. The van der Waals surface area contributed by atoms with Gasteiger partial charge in [0.25, 0.3) is 5.91 Å². The first-order chi connectivity index (χ1) is 9.22. The van der Waals surface area contributed by atoms with Gasteiger partial charge < -0.3 is 4.90 Å². The van der Waals surface area contributed by atoms with Gasteiger partial charge in [-0.25, -0.2) is 4.98 Å². The molecule has 2 fully saturated rings. The van der Waals surface area contributed by atoms with Crippen LogP contribution in [-0.2, 0) is 7.05 Å². The van der Waals surface area contributed by atoms with Crippen LogP contribution >= 0.6 is 11.3 Å². The number of likely N-dealkylation sites (tertiary alicyclic amines) is 1. The van der Waals surface area contributed by atoms with Gasteiger partial charge in [-0.2, -0.15) is 5.10 Å². The monoisotopic (exact) mass is 274 g/mol. The number of fused-ring (bicyclic) bond motifs is 1. The molecular formula is C13H14N4OS. The van der Waals surface area contributed by atoms with E-state index in [1.807, 2.05) is 23.4 Å². The molecular weight excluding hydrogens is 260 g/mol. The molecule has 2 aromatic rings. The summed E-state index contributed by atoms with van der Waals surface area (Å²) < 4.78 is 1.67. The van der Waals surface area contributed by atoms with Crippen LogP contribution in [0.2, 0.25) is 0 Å². The number of carbonyl (C=O) groups is 1. The molecule has 0 aromatic carbocycles. The van der Waals surface area contributed by atoms with Gasteiger partial charge in [0.15, 0.2) is 0 Å². The Kier molecular flexibility index (Phi) is 2.29. The van der Waals surface area contributed by atoms with Crippen molar-refractivity contribution in [3.8, 4) is 11.4 Å². The van der Waals surface area contributed by atoms with Crippen molar-refractivity contribution in [3.63, 3.8) is 0 Å². The van der Waals surface area contributed by atoms with E-state index in [1.165, 1.54) is 17.8 Å². The van der Waals surface area contributed by atoms with Gasteiger partial charge in [-0.3, -0.25) is 9.48 Å². The number of hydrogen-bond donors (Lipinski definition) is 0. The summed E-state index contributed by atoms with van der Waals surface area (Å²) in [6, 6.07) is 1.85. The van der Waals surface area contributed by atoms with Crippen molar-refractivity contribution < 1.29 is 4.79 Å². The first-order valence-corrected chi connectivity index (χ1v) is 7.38. The lowest BCUT2D eigenvalue weighted by Gasteiger charge is -2.17. The number of amides is 1. The zero-order chi connectivity index (χ0) is 13.0. The Morgan fingerprint density at radius 1 is 1.37 bits per heavy atom. The molecule has 0 spiro atoms. The highest BCUT2D eigenvalue weighted by molar-refractivity contribution is 7.07. The minimum Gasteiger partial charge on any atom is -0.337 e. The highest BCUT2D eigenvalue weighted by Crippen LogP contribution is 2.45. The third kappa shape index (κ3) is 1.78. The minimum atomic E-state index is 0.101. The van der Waals surface area contributed by atoms with E-state index >= 15 is 0 Å². The summed E-state index contributed by atoms with van der Waals surface area (Å²) >= 11 is 1.53. The summed E-state index contributed by atoms with van der Waals surface area (Å²) in [5.74, 6) is 1.62. The second-order valence-corrected chi connectivity index (χ2v) is 6.10. The molecule has 1 amide bonds. The molecule has 5 nitrogen and oxygen atoms in total. The number of carbonyl (C=O) groups excluding carboxylic acids is 1. The summed E-state index contributed by atoms with van der Waals surface area (Å²) in [7, 11) is 1.82. The van der Waals surface area contributed by atoms with Gasteiger partial charge in [0.1, 0.15) is 17.1 Å². The third-order valence-electron chi connectivity index (χ3n) is 4.06. The Bertz CT molecular complexity index is 623. The summed E-state index contributed by atoms with van der Waals surface area (Å²) in [5, 5.41) is 6.34. The highest BCUT2D eigenvalue weighted by atomic mass is 32.1. The average molecular weight is 274 g/mol. The molecule has 1 saturated carbocycles. The molecule has 2 unspecified atom stereocenters. The number of aryl methyl sites for hydroxylation is 1. The summed E-state index contributed by atoms with van der Waals surface area (Å²) in [5.41, 5.74) is 4.05. The quantitative estimate of drug-likeness (QED) is 0.836. The predicted octanol–water partition coefficient (Wildman–Crippen LogP) is 1.64. The van der Waals surface area contributed by atoms with E-state index in [4.69, 9.17) is 0 Å². The molecule has 2 aromatic heterocycles. The molecule has 0 radical (unpaired) electrons. The van der Waals surface area contributed by atoms with Crippen molar-refractivity contribution >= 4 is 17.2 Å². The lowest BCUT2D eigenvalue weighted by Crippen LogP contribution is -2.31. The third-order valence-corrected chi connectivity index (χ3v) is 4.65. The van der Waals surface area contributed by atoms with E-state index in [-0.39, 0.29) is 5.91 Å². The van der Waals surface area contributed by atoms with E-state index < -0.39 is 0 Å². The minimum absolute atomic E-state index is 0.101. The zero-order valence-corrected chi connectivity index (χ0v) is 11.4. The van der Waals surface area contributed by atoms with E-state index in [0.29, 0.717) is 5.69 Å². The Balaban J connectivity index is 1.62. The van der Waals surface area contributed by atoms with Crippen molar-refractivity contribution in [2.75, 3.05) is 13.1 Å². The molecule has 2 atom stereocenters. The van der Waals surface area contributed by atoms with Gasteiger partial charge >= 0.3 is 0 Å². The molecule has 1 aliphatic heterocycles. The molecule has 2 aliphatic rings. The first-order valence-electron chi connectivity index (χ1n) is 6.44. The van der Waals surface area contributed by atoms with Crippen LogP contribution in [0.1, 0.15) is 16.9 Å². The number of nitrogens with zero attached hydrogens (tertiary/aromatic N) is 4. The molecule has 4 rings (SSSR count). The fourth-order valence-corrected chi connectivity index (χ4v) is 3.40. The average Bonchev–Trinajstić information content (AvgIpc) is 2.86. The van der Waals surface area contributed by atoms with E-state index in [2.05, 4.69) is 10.1 Å². The van der Waals surface area contributed by atoms with Crippen LogP contribution in [0.15, 0.2) is 17.0 Å². The predicted molar refractivity (Wildman–Crippen MR) is 71.8 cm³/mol. The van der Waals surface area contributed by atoms with Crippen molar-refractivity contribution in [3.05, 3.63) is 22.7 Å². The molecule has 0 N–H and O–H groups in total. The van der Waals surface area contributed by atoms with Crippen molar-refractivity contribution in [2.45, 2.75) is 6.42 Å². The first kappa shape index (κ1) is 11.2. The van der Waals surface area contributed by atoms with E-state index in [1.54, 1.807) is 10.2 Å². The van der Waals surface area contributed by atoms with Gasteiger partial charge in [0, 0.05) is 25.5 Å². The van der Waals surface area contributed by atoms with Crippen LogP contribution < -0.4 is 0 Å². The van der Waals surface area contributed by atoms with Gasteiger partial charge in [-0.1, -0.05) is 0 Å². The fraction of sp³-hybridized carbons (Fsp3) is 0.462. The Morgan fingerprint density at radius 2 is 2.16 bits per heavy atom. The SMILES string of the molecule is Cn1nc(-c2cscn2)cc1C(=O)N1CC2CC2C1. The normalized spacial score (nSPS) is 24.6. The van der Waals surface area contributed by atoms with Crippen LogP contribution in [0.5, 0.6) is 0 Å². The number of rotatable bonds is 2. The maximum atomic E-state index is 12.5. The lowest BCUT2D eigenvalue weighted by atomic mass is 10.3. The molecule has 98 valence electrons. The van der Waals surface area contributed by atoms with Crippen LogP contribution in [-0.4, -0.2) is 38.7 Å². The van der Waals surface area contributed by atoms with Crippen molar-refractivity contribution in [2.24, 2.45) is 18.9 Å².